The lowest BCUT2D eigenvalue weighted by atomic mass is 10.2. The van der Waals surface area contributed by atoms with Crippen LogP contribution in [0.2, 0.25) is 0 Å². The third kappa shape index (κ3) is 7.27. The Morgan fingerprint density at radius 3 is 2.38 bits per heavy atom. The highest BCUT2D eigenvalue weighted by Crippen LogP contribution is 2.11. The second kappa shape index (κ2) is 9.38. The van der Waals surface area contributed by atoms with Crippen molar-refractivity contribution >= 4 is 18.1 Å². The number of carbonyl (C=O) groups excluding carboxylic acids is 2. The third-order valence-corrected chi connectivity index (χ3v) is 3.98. The second-order valence-corrected chi connectivity index (χ2v) is 7.34. The standard InChI is InChI=1S/C20H29N3O3/c1-20(2,3)26-19(25)23-15-13-22(14-16-23)12-11-21-18(24)10-9-17-7-5-4-6-8-17/h4-10H,11-16H2,1-3H3,(H,21,24)/b10-9+. The summed E-state index contributed by atoms with van der Waals surface area (Å²) in [5.74, 6) is -0.0961. The van der Waals surface area contributed by atoms with Crippen LogP contribution in [0, 0.1) is 0 Å². The molecule has 1 aliphatic heterocycles. The molecule has 0 saturated carbocycles. The molecule has 1 aliphatic rings. The van der Waals surface area contributed by atoms with Crippen molar-refractivity contribution in [2.45, 2.75) is 26.4 Å². The van der Waals surface area contributed by atoms with E-state index < -0.39 is 5.60 Å². The van der Waals surface area contributed by atoms with E-state index in [0.29, 0.717) is 19.6 Å². The van der Waals surface area contributed by atoms with Gasteiger partial charge in [0.05, 0.1) is 0 Å². The minimum absolute atomic E-state index is 0.0961. The summed E-state index contributed by atoms with van der Waals surface area (Å²) in [6.07, 6.45) is 3.10. The lowest BCUT2D eigenvalue weighted by molar-refractivity contribution is -0.116. The van der Waals surface area contributed by atoms with Crippen LogP contribution in [-0.2, 0) is 9.53 Å². The molecule has 0 bridgehead atoms. The Morgan fingerprint density at radius 1 is 1.12 bits per heavy atom. The van der Waals surface area contributed by atoms with Crippen molar-refractivity contribution in [2.24, 2.45) is 0 Å². The van der Waals surface area contributed by atoms with Crippen molar-refractivity contribution in [3.05, 3.63) is 42.0 Å². The van der Waals surface area contributed by atoms with Crippen molar-refractivity contribution in [2.75, 3.05) is 39.3 Å². The summed E-state index contributed by atoms with van der Waals surface area (Å²) in [4.78, 5) is 27.9. The Morgan fingerprint density at radius 2 is 1.77 bits per heavy atom. The number of carbonyl (C=O) groups is 2. The Balaban J connectivity index is 1.63. The molecule has 1 heterocycles. The number of piperazine rings is 1. The van der Waals surface area contributed by atoms with E-state index in [2.05, 4.69) is 10.2 Å². The molecule has 2 rings (SSSR count). The highest BCUT2D eigenvalue weighted by molar-refractivity contribution is 5.91. The number of nitrogens with zero attached hydrogens (tertiary/aromatic N) is 2. The highest BCUT2D eigenvalue weighted by Gasteiger charge is 2.25. The predicted octanol–water partition coefficient (Wildman–Crippen LogP) is 2.37. The number of rotatable bonds is 5. The summed E-state index contributed by atoms with van der Waals surface area (Å²) >= 11 is 0. The van der Waals surface area contributed by atoms with Gasteiger partial charge in [-0.25, -0.2) is 4.79 Å². The zero-order valence-electron chi connectivity index (χ0n) is 15.9. The van der Waals surface area contributed by atoms with Crippen molar-refractivity contribution in [3.8, 4) is 0 Å². The molecule has 0 spiro atoms. The molecule has 0 atom stereocenters. The first kappa shape index (κ1) is 20.0. The number of hydrogen-bond acceptors (Lipinski definition) is 4. The zero-order valence-corrected chi connectivity index (χ0v) is 15.9. The SMILES string of the molecule is CC(C)(C)OC(=O)N1CCN(CCNC(=O)/C=C/c2ccccc2)CC1. The summed E-state index contributed by atoms with van der Waals surface area (Å²) in [6, 6.07) is 9.73. The predicted molar refractivity (Wildman–Crippen MR) is 103 cm³/mol. The number of hydrogen-bond donors (Lipinski definition) is 1. The molecule has 6 nitrogen and oxygen atoms in total. The molecule has 0 radical (unpaired) electrons. The Kier molecular flexibility index (Phi) is 7.21. The van der Waals surface area contributed by atoms with E-state index in [-0.39, 0.29) is 12.0 Å². The maximum Gasteiger partial charge on any atom is 0.410 e. The Bertz CT molecular complexity index is 615. The zero-order chi connectivity index (χ0) is 19.0. The van der Waals surface area contributed by atoms with Crippen LogP contribution >= 0.6 is 0 Å². The summed E-state index contributed by atoms with van der Waals surface area (Å²) in [5, 5.41) is 2.89. The highest BCUT2D eigenvalue weighted by atomic mass is 16.6. The molecule has 1 aromatic rings. The molecule has 1 N–H and O–H groups in total. The molecule has 0 unspecified atom stereocenters. The van der Waals surface area contributed by atoms with Gasteiger partial charge in [0.1, 0.15) is 5.60 Å². The molecule has 2 amide bonds. The molecule has 142 valence electrons. The smallest absolute Gasteiger partial charge is 0.410 e. The van der Waals surface area contributed by atoms with Crippen LogP contribution in [-0.4, -0.2) is 66.7 Å². The number of ether oxygens (including phenoxy) is 1. The van der Waals surface area contributed by atoms with Gasteiger partial charge >= 0.3 is 6.09 Å². The van der Waals surface area contributed by atoms with Crippen LogP contribution in [0.25, 0.3) is 6.08 Å². The van der Waals surface area contributed by atoms with Crippen molar-refractivity contribution in [1.82, 2.24) is 15.1 Å². The van der Waals surface area contributed by atoms with Crippen LogP contribution in [0.5, 0.6) is 0 Å². The molecule has 6 heteroatoms. The quantitative estimate of drug-likeness (QED) is 0.820. The number of benzene rings is 1. The van der Waals surface area contributed by atoms with E-state index in [1.54, 1.807) is 17.1 Å². The summed E-state index contributed by atoms with van der Waals surface area (Å²) < 4.78 is 5.39. The van der Waals surface area contributed by atoms with E-state index >= 15 is 0 Å². The lowest BCUT2D eigenvalue weighted by Gasteiger charge is -2.35. The topological polar surface area (TPSA) is 61.9 Å². The van der Waals surface area contributed by atoms with Gasteiger partial charge in [0, 0.05) is 45.3 Å². The van der Waals surface area contributed by atoms with E-state index in [0.717, 1.165) is 25.2 Å². The van der Waals surface area contributed by atoms with E-state index in [4.69, 9.17) is 4.74 Å². The first-order valence-electron chi connectivity index (χ1n) is 9.05. The average molecular weight is 359 g/mol. The van der Waals surface area contributed by atoms with Gasteiger partial charge < -0.3 is 15.0 Å². The van der Waals surface area contributed by atoms with E-state index in [1.165, 1.54) is 0 Å². The maximum absolute atomic E-state index is 12.0. The van der Waals surface area contributed by atoms with Gasteiger partial charge in [-0.2, -0.15) is 0 Å². The summed E-state index contributed by atoms with van der Waals surface area (Å²) in [5.41, 5.74) is 0.534. The third-order valence-electron chi connectivity index (χ3n) is 3.98. The van der Waals surface area contributed by atoms with Crippen molar-refractivity contribution < 1.29 is 14.3 Å². The molecule has 1 fully saturated rings. The second-order valence-electron chi connectivity index (χ2n) is 7.34. The first-order chi connectivity index (χ1) is 12.3. The van der Waals surface area contributed by atoms with Crippen LogP contribution in [0.4, 0.5) is 4.79 Å². The van der Waals surface area contributed by atoms with E-state index in [1.807, 2.05) is 51.1 Å². The van der Waals surface area contributed by atoms with Crippen LogP contribution in [0.3, 0.4) is 0 Å². The maximum atomic E-state index is 12.0. The van der Waals surface area contributed by atoms with Crippen molar-refractivity contribution in [1.29, 1.82) is 0 Å². The summed E-state index contributed by atoms with van der Waals surface area (Å²) in [7, 11) is 0. The van der Waals surface area contributed by atoms with Crippen LogP contribution in [0.1, 0.15) is 26.3 Å². The average Bonchev–Trinajstić information content (AvgIpc) is 2.60. The largest absolute Gasteiger partial charge is 0.444 e. The molecule has 1 saturated heterocycles. The first-order valence-corrected chi connectivity index (χ1v) is 9.05. The lowest BCUT2D eigenvalue weighted by Crippen LogP contribution is -2.51. The number of nitrogens with one attached hydrogen (secondary N) is 1. The van der Waals surface area contributed by atoms with Crippen LogP contribution < -0.4 is 5.32 Å². The summed E-state index contributed by atoms with van der Waals surface area (Å²) in [6.45, 7) is 9.84. The fraction of sp³-hybridized carbons (Fsp3) is 0.500. The normalized spacial score (nSPS) is 15.9. The Hall–Kier alpha value is -2.34. The van der Waals surface area contributed by atoms with Gasteiger partial charge in [-0.15, -0.1) is 0 Å². The number of amides is 2. The Labute approximate surface area is 155 Å². The van der Waals surface area contributed by atoms with Gasteiger partial charge in [0.25, 0.3) is 0 Å². The monoisotopic (exact) mass is 359 g/mol. The molecule has 0 aromatic heterocycles. The molecule has 0 aliphatic carbocycles. The van der Waals surface area contributed by atoms with Crippen molar-refractivity contribution in [3.63, 3.8) is 0 Å². The van der Waals surface area contributed by atoms with Gasteiger partial charge in [-0.1, -0.05) is 30.3 Å². The van der Waals surface area contributed by atoms with Gasteiger partial charge in [0.15, 0.2) is 0 Å². The molecular formula is C20H29N3O3. The molecular weight excluding hydrogens is 330 g/mol. The minimum Gasteiger partial charge on any atom is -0.444 e. The van der Waals surface area contributed by atoms with Gasteiger partial charge in [-0.05, 0) is 32.4 Å². The minimum atomic E-state index is -0.467. The fourth-order valence-corrected chi connectivity index (χ4v) is 2.61. The van der Waals surface area contributed by atoms with Crippen LogP contribution in [0.15, 0.2) is 36.4 Å². The van der Waals surface area contributed by atoms with E-state index in [9.17, 15) is 9.59 Å². The fourth-order valence-electron chi connectivity index (χ4n) is 2.61. The molecule has 26 heavy (non-hydrogen) atoms. The van der Waals surface area contributed by atoms with Gasteiger partial charge in [-0.3, -0.25) is 9.69 Å². The van der Waals surface area contributed by atoms with Gasteiger partial charge in [0.2, 0.25) is 5.91 Å². The molecule has 1 aromatic carbocycles.